The highest BCUT2D eigenvalue weighted by molar-refractivity contribution is 7.87. The van der Waals surface area contributed by atoms with Gasteiger partial charge in [0, 0.05) is 19.3 Å². The summed E-state index contributed by atoms with van der Waals surface area (Å²) in [6.45, 7) is 0.549. The number of carbonyl (C=O) groups is 2. The summed E-state index contributed by atoms with van der Waals surface area (Å²) in [5.74, 6) is -0.469. The molecule has 4 rings (SSSR count). The normalized spacial score (nSPS) is 14.4. The Kier molecular flexibility index (Phi) is 9.51. The Hall–Kier alpha value is -3.34. The Labute approximate surface area is 216 Å². The zero-order valence-corrected chi connectivity index (χ0v) is 21.1. The molecule has 9 nitrogen and oxygen atoms in total. The van der Waals surface area contributed by atoms with Gasteiger partial charge in [-0.25, -0.2) is 14.3 Å². The van der Waals surface area contributed by atoms with E-state index in [1.54, 1.807) is 30.5 Å². The molecule has 0 aliphatic carbocycles. The number of benzene rings is 2. The fourth-order valence-electron chi connectivity index (χ4n) is 4.02. The number of amides is 1. The number of nitrogens with zero attached hydrogens (tertiary/aromatic N) is 1. The van der Waals surface area contributed by atoms with Gasteiger partial charge in [-0.1, -0.05) is 60.7 Å². The molecule has 1 aliphatic heterocycles. The number of rotatable bonds is 8. The number of H-pyrrole nitrogens is 1. The highest BCUT2D eigenvalue weighted by atomic mass is 35.5. The highest BCUT2D eigenvalue weighted by Gasteiger charge is 2.32. The minimum absolute atomic E-state index is 0. The molecule has 0 unspecified atom stereocenters. The summed E-state index contributed by atoms with van der Waals surface area (Å²) >= 11 is 0. The summed E-state index contributed by atoms with van der Waals surface area (Å²) < 4.78 is 38.9. The number of hydrogen-bond acceptors (Lipinski definition) is 6. The molecule has 0 atom stereocenters. The first-order valence-electron chi connectivity index (χ1n) is 11.3. The molecule has 1 saturated heterocycles. The van der Waals surface area contributed by atoms with Gasteiger partial charge in [-0.05, 0) is 41.5 Å². The predicted octanol–water partition coefficient (Wildman–Crippen LogP) is 4.14. The first-order valence-corrected chi connectivity index (χ1v) is 12.7. The number of carbonyl (C=O) groups excluding carboxylic acids is 2. The topological polar surface area (TPSA) is 118 Å². The number of aromatic nitrogens is 1. The third-order valence-electron chi connectivity index (χ3n) is 5.85. The molecule has 0 spiro atoms. The lowest BCUT2D eigenvalue weighted by atomic mass is 9.90. The molecule has 2 heterocycles. The molecule has 11 heteroatoms. The molecule has 1 aromatic heterocycles. The maximum absolute atomic E-state index is 12.6. The van der Waals surface area contributed by atoms with Crippen molar-refractivity contribution in [2.24, 2.45) is 0 Å². The van der Waals surface area contributed by atoms with Crippen molar-refractivity contribution in [3.05, 3.63) is 95.3 Å². The van der Waals surface area contributed by atoms with Crippen LogP contribution in [-0.2, 0) is 32.9 Å². The minimum Gasteiger partial charge on any atom is -0.456 e. The molecule has 0 saturated carbocycles. The predicted molar refractivity (Wildman–Crippen MR) is 136 cm³/mol. The Morgan fingerprint density at radius 3 is 2.03 bits per heavy atom. The van der Waals surface area contributed by atoms with Crippen molar-refractivity contribution in [3.63, 3.8) is 0 Å². The number of aromatic amines is 1. The number of esters is 1. The van der Waals surface area contributed by atoms with Gasteiger partial charge >= 0.3 is 22.3 Å². The van der Waals surface area contributed by atoms with Gasteiger partial charge in [0.25, 0.3) is 0 Å². The maximum Gasteiger partial charge on any atom is 0.422 e. The van der Waals surface area contributed by atoms with Crippen LogP contribution in [0.15, 0.2) is 72.9 Å². The second kappa shape index (κ2) is 12.6. The van der Waals surface area contributed by atoms with Gasteiger partial charge in [0.2, 0.25) is 0 Å². The maximum atomic E-state index is 12.6. The molecule has 3 aromatic rings. The van der Waals surface area contributed by atoms with E-state index in [2.05, 4.69) is 4.98 Å². The second-order valence-electron chi connectivity index (χ2n) is 8.21. The zero-order valence-electron chi connectivity index (χ0n) is 19.5. The third kappa shape index (κ3) is 7.09. The Morgan fingerprint density at radius 2 is 1.44 bits per heavy atom. The fourth-order valence-corrected chi connectivity index (χ4v) is 5.11. The third-order valence-corrected chi connectivity index (χ3v) is 7.32. The van der Waals surface area contributed by atoms with Crippen LogP contribution < -0.4 is 4.72 Å². The van der Waals surface area contributed by atoms with Crippen molar-refractivity contribution in [1.82, 2.24) is 14.0 Å². The van der Waals surface area contributed by atoms with Crippen LogP contribution in [0.1, 0.15) is 45.9 Å². The van der Waals surface area contributed by atoms with Gasteiger partial charge in [0.15, 0.2) is 0 Å². The van der Waals surface area contributed by atoms with Gasteiger partial charge in [-0.3, -0.25) is 0 Å². The summed E-state index contributed by atoms with van der Waals surface area (Å²) in [7, 11) is -4.04. The lowest BCUT2D eigenvalue weighted by Gasteiger charge is -2.31. The molecular formula is C25H28ClN3O6S. The van der Waals surface area contributed by atoms with Crippen LogP contribution >= 0.6 is 12.4 Å². The van der Waals surface area contributed by atoms with Crippen molar-refractivity contribution >= 4 is 34.7 Å². The Morgan fingerprint density at radius 1 is 0.889 bits per heavy atom. The Bertz CT molecular complexity index is 1240. The van der Waals surface area contributed by atoms with E-state index in [1.165, 1.54) is 4.31 Å². The van der Waals surface area contributed by atoms with E-state index < -0.39 is 22.3 Å². The number of hydrogen-bond donors (Lipinski definition) is 2. The van der Waals surface area contributed by atoms with Crippen LogP contribution in [0.25, 0.3) is 0 Å². The van der Waals surface area contributed by atoms with Crippen LogP contribution in [0.4, 0.5) is 4.79 Å². The van der Waals surface area contributed by atoms with Crippen molar-refractivity contribution in [3.8, 4) is 0 Å². The Balaban J connectivity index is 0.00000361. The van der Waals surface area contributed by atoms with Crippen LogP contribution in [-0.4, -0.2) is 42.9 Å². The molecule has 36 heavy (non-hydrogen) atoms. The molecule has 1 amide bonds. The fraction of sp³-hybridized carbons (Fsp3) is 0.280. The van der Waals surface area contributed by atoms with Gasteiger partial charge in [-0.2, -0.15) is 12.7 Å². The van der Waals surface area contributed by atoms with Crippen molar-refractivity contribution in [2.75, 3.05) is 13.1 Å². The van der Waals surface area contributed by atoms with Gasteiger partial charge in [0.05, 0.1) is 0 Å². The van der Waals surface area contributed by atoms with E-state index >= 15 is 0 Å². The number of nitrogens with one attached hydrogen (secondary N) is 2. The summed E-state index contributed by atoms with van der Waals surface area (Å²) in [5, 5.41) is 0. The summed E-state index contributed by atoms with van der Waals surface area (Å²) in [5.41, 5.74) is 2.83. The SMILES string of the molecule is Cl.O=C(NS(=O)(=O)N1CCC(c2cc[nH]c2C(=O)OCc2ccccc2)CC1)OCc1ccccc1. The molecule has 0 bridgehead atoms. The quantitative estimate of drug-likeness (QED) is 0.420. The van der Waals surface area contributed by atoms with Crippen LogP contribution in [0, 0.1) is 0 Å². The average Bonchev–Trinajstić information content (AvgIpc) is 3.37. The van der Waals surface area contributed by atoms with E-state index in [4.69, 9.17) is 9.47 Å². The molecule has 2 aromatic carbocycles. The molecule has 0 radical (unpaired) electrons. The molecular weight excluding hydrogens is 506 g/mol. The highest BCUT2D eigenvalue weighted by Crippen LogP contribution is 2.31. The number of ether oxygens (including phenoxy) is 2. The molecule has 1 aliphatic rings. The first kappa shape index (κ1) is 27.3. The lowest BCUT2D eigenvalue weighted by molar-refractivity contribution is 0.0464. The summed E-state index contributed by atoms with van der Waals surface area (Å²) in [6, 6.07) is 20.2. The smallest absolute Gasteiger partial charge is 0.422 e. The van der Waals surface area contributed by atoms with Gasteiger partial charge < -0.3 is 14.5 Å². The van der Waals surface area contributed by atoms with Crippen LogP contribution in [0.2, 0.25) is 0 Å². The monoisotopic (exact) mass is 533 g/mol. The minimum atomic E-state index is -4.04. The zero-order chi connectivity index (χ0) is 24.7. The van der Waals surface area contributed by atoms with Gasteiger partial charge in [0.1, 0.15) is 18.9 Å². The number of halogens is 1. The largest absolute Gasteiger partial charge is 0.456 e. The summed E-state index contributed by atoms with van der Waals surface area (Å²) in [4.78, 5) is 27.6. The van der Waals surface area contributed by atoms with E-state index in [0.717, 1.165) is 16.7 Å². The van der Waals surface area contributed by atoms with Crippen molar-refractivity contribution in [1.29, 1.82) is 0 Å². The van der Waals surface area contributed by atoms with Crippen LogP contribution in [0.3, 0.4) is 0 Å². The van der Waals surface area contributed by atoms with Crippen molar-refractivity contribution < 1.29 is 27.5 Å². The molecule has 192 valence electrons. The summed E-state index contributed by atoms with van der Waals surface area (Å²) in [6.07, 6.45) is 1.65. The van der Waals surface area contributed by atoms with E-state index in [1.807, 2.05) is 47.2 Å². The van der Waals surface area contributed by atoms with Gasteiger partial charge in [-0.15, -0.1) is 12.4 Å². The van der Waals surface area contributed by atoms with Crippen LogP contribution in [0.5, 0.6) is 0 Å². The molecule has 1 fully saturated rings. The van der Waals surface area contributed by atoms with E-state index in [0.29, 0.717) is 18.5 Å². The second-order valence-corrected chi connectivity index (χ2v) is 9.88. The molecule has 2 N–H and O–H groups in total. The number of piperidine rings is 1. The van der Waals surface area contributed by atoms with E-state index in [9.17, 15) is 18.0 Å². The lowest BCUT2D eigenvalue weighted by Crippen LogP contribution is -2.46. The van der Waals surface area contributed by atoms with E-state index in [-0.39, 0.29) is 44.6 Å². The average molecular weight is 534 g/mol. The van der Waals surface area contributed by atoms with Crippen molar-refractivity contribution in [2.45, 2.75) is 32.0 Å². The standard InChI is InChI=1S/C25H27N3O6S.ClH/c29-24(33-17-19-7-3-1-4-8-19)23-22(11-14-26-23)21-12-15-28(16-13-21)35(31,32)27-25(30)34-18-20-9-5-2-6-10-20;/h1-11,14,21,26H,12-13,15-18H2,(H,27,30);1H. The first-order chi connectivity index (χ1) is 16.9.